The van der Waals surface area contributed by atoms with E-state index in [9.17, 15) is 0 Å². The summed E-state index contributed by atoms with van der Waals surface area (Å²) in [7, 11) is 4.96. The second-order valence-corrected chi connectivity index (χ2v) is 8.48. The fraction of sp³-hybridized carbons (Fsp3) is 0.296. The quantitative estimate of drug-likeness (QED) is 0.457. The van der Waals surface area contributed by atoms with Gasteiger partial charge in [0.25, 0.3) is 0 Å². The first kappa shape index (κ1) is 23.7. The van der Waals surface area contributed by atoms with Crippen molar-refractivity contribution in [2.24, 2.45) is 0 Å². The van der Waals surface area contributed by atoms with E-state index < -0.39 is 0 Å². The number of rotatable bonds is 7. The molecule has 4 rings (SSSR count). The van der Waals surface area contributed by atoms with E-state index in [-0.39, 0.29) is 6.04 Å². The Labute approximate surface area is 206 Å². The van der Waals surface area contributed by atoms with Crippen LogP contribution in [0.1, 0.15) is 22.7 Å². The lowest BCUT2D eigenvalue weighted by Gasteiger charge is -2.39. The number of aryl methyl sites for hydroxylation is 1. The number of hydrogen-bond donors (Lipinski definition) is 1. The predicted octanol–water partition coefficient (Wildman–Crippen LogP) is 5.40. The maximum absolute atomic E-state index is 6.23. The molecular weight excluding hydrogens is 448 g/mol. The molecular formula is C27H30N2O4S. The van der Waals surface area contributed by atoms with Gasteiger partial charge in [0.15, 0.2) is 16.6 Å². The van der Waals surface area contributed by atoms with Crippen LogP contribution in [0.25, 0.3) is 0 Å². The van der Waals surface area contributed by atoms with Crippen LogP contribution < -0.4 is 24.3 Å². The second-order valence-electron chi connectivity index (χ2n) is 8.10. The fourth-order valence-corrected chi connectivity index (χ4v) is 4.53. The molecule has 0 bridgehead atoms. The van der Waals surface area contributed by atoms with Crippen molar-refractivity contribution in [3.05, 3.63) is 77.4 Å². The monoisotopic (exact) mass is 478 g/mol. The Balaban J connectivity index is 1.64. The highest BCUT2D eigenvalue weighted by atomic mass is 32.1. The van der Waals surface area contributed by atoms with E-state index in [1.807, 2.05) is 48.5 Å². The Morgan fingerprint density at radius 2 is 1.62 bits per heavy atom. The first-order valence-corrected chi connectivity index (χ1v) is 11.6. The van der Waals surface area contributed by atoms with Crippen LogP contribution in [0.15, 0.2) is 60.7 Å². The van der Waals surface area contributed by atoms with Gasteiger partial charge in [-0.2, -0.15) is 0 Å². The Hall–Kier alpha value is -3.45. The van der Waals surface area contributed by atoms with Gasteiger partial charge >= 0.3 is 0 Å². The zero-order valence-electron chi connectivity index (χ0n) is 20.0. The van der Waals surface area contributed by atoms with E-state index in [1.165, 1.54) is 5.56 Å². The number of methoxy groups -OCH3 is 3. The molecule has 1 aliphatic rings. The minimum atomic E-state index is -0.102. The maximum Gasteiger partial charge on any atom is 0.174 e. The number of para-hydroxylation sites is 1. The number of ether oxygens (including phenoxy) is 4. The summed E-state index contributed by atoms with van der Waals surface area (Å²) in [5.74, 6) is 2.98. The largest absolute Gasteiger partial charge is 0.497 e. The Bertz CT molecular complexity index is 1150. The number of hydrogen-bond acceptors (Lipinski definition) is 5. The van der Waals surface area contributed by atoms with Gasteiger partial charge in [0, 0.05) is 12.2 Å². The molecule has 1 N–H and O–H groups in total. The third-order valence-electron chi connectivity index (χ3n) is 6.12. The number of thiocarbonyl (C=S) groups is 1. The molecule has 1 heterocycles. The van der Waals surface area contributed by atoms with Crippen molar-refractivity contribution in [3.8, 4) is 23.0 Å². The van der Waals surface area contributed by atoms with Crippen LogP contribution in [0.4, 0.5) is 5.69 Å². The van der Waals surface area contributed by atoms with E-state index in [2.05, 4.69) is 29.3 Å². The van der Waals surface area contributed by atoms with E-state index >= 15 is 0 Å². The zero-order valence-corrected chi connectivity index (χ0v) is 20.8. The van der Waals surface area contributed by atoms with Gasteiger partial charge in [0.2, 0.25) is 0 Å². The lowest BCUT2D eigenvalue weighted by Crippen LogP contribution is -2.44. The Morgan fingerprint density at radius 3 is 2.29 bits per heavy atom. The van der Waals surface area contributed by atoms with E-state index in [4.69, 9.17) is 31.2 Å². The van der Waals surface area contributed by atoms with E-state index in [1.54, 1.807) is 21.3 Å². The number of benzene rings is 3. The minimum Gasteiger partial charge on any atom is -0.497 e. The van der Waals surface area contributed by atoms with Crippen molar-refractivity contribution in [3.63, 3.8) is 0 Å². The molecule has 0 saturated carbocycles. The van der Waals surface area contributed by atoms with Gasteiger partial charge < -0.3 is 29.2 Å². The summed E-state index contributed by atoms with van der Waals surface area (Å²) in [5, 5.41) is 4.10. The summed E-state index contributed by atoms with van der Waals surface area (Å²) >= 11 is 5.88. The van der Waals surface area contributed by atoms with Gasteiger partial charge in [0.1, 0.15) is 18.1 Å². The SMILES string of the molecule is COc1ccc(OCC2c3cc(OC)c(OC)cc3CCN2C(=S)Nc2ccccc2C)cc1. The van der Waals surface area contributed by atoms with Crippen molar-refractivity contribution in [1.82, 2.24) is 4.90 Å². The van der Waals surface area contributed by atoms with Gasteiger partial charge in [0.05, 0.1) is 27.4 Å². The lowest BCUT2D eigenvalue weighted by atomic mass is 9.92. The second kappa shape index (κ2) is 10.7. The molecule has 6 nitrogen and oxygen atoms in total. The van der Waals surface area contributed by atoms with Gasteiger partial charge in [-0.3, -0.25) is 0 Å². The standard InChI is InChI=1S/C27H30N2O4S/c1-18-7-5-6-8-23(18)28-27(34)29-14-13-19-15-25(31-3)26(32-4)16-22(19)24(29)17-33-21-11-9-20(30-2)10-12-21/h5-12,15-16,24H,13-14,17H2,1-4H3,(H,28,34). The number of nitrogens with one attached hydrogen (secondary N) is 1. The minimum absolute atomic E-state index is 0.102. The molecule has 3 aromatic rings. The molecule has 0 saturated heterocycles. The highest BCUT2D eigenvalue weighted by molar-refractivity contribution is 7.80. The first-order valence-electron chi connectivity index (χ1n) is 11.2. The molecule has 1 atom stereocenters. The molecule has 178 valence electrons. The molecule has 1 aliphatic heterocycles. The van der Waals surface area contributed by atoms with Gasteiger partial charge in [-0.15, -0.1) is 0 Å². The first-order chi connectivity index (χ1) is 16.5. The van der Waals surface area contributed by atoms with Crippen molar-refractivity contribution in [2.45, 2.75) is 19.4 Å². The molecule has 0 aromatic heterocycles. The van der Waals surface area contributed by atoms with Crippen LogP contribution >= 0.6 is 12.2 Å². The molecule has 0 spiro atoms. The fourth-order valence-electron chi connectivity index (χ4n) is 4.20. The van der Waals surface area contributed by atoms with Gasteiger partial charge in [-0.25, -0.2) is 0 Å². The van der Waals surface area contributed by atoms with Crippen molar-refractivity contribution in [1.29, 1.82) is 0 Å². The summed E-state index contributed by atoms with van der Waals surface area (Å²) in [6.07, 6.45) is 0.838. The molecule has 0 aliphatic carbocycles. The van der Waals surface area contributed by atoms with Crippen molar-refractivity contribution < 1.29 is 18.9 Å². The number of nitrogens with zero attached hydrogens (tertiary/aromatic N) is 1. The Morgan fingerprint density at radius 1 is 0.941 bits per heavy atom. The van der Waals surface area contributed by atoms with Crippen LogP contribution in [0.2, 0.25) is 0 Å². The molecule has 0 radical (unpaired) electrons. The third-order valence-corrected chi connectivity index (χ3v) is 6.45. The summed E-state index contributed by atoms with van der Waals surface area (Å²) in [5.41, 5.74) is 4.46. The summed E-state index contributed by atoms with van der Waals surface area (Å²) < 4.78 is 22.6. The number of anilines is 1. The average molecular weight is 479 g/mol. The maximum atomic E-state index is 6.23. The topological polar surface area (TPSA) is 52.2 Å². The van der Waals surface area contributed by atoms with Crippen LogP contribution in [-0.4, -0.2) is 44.5 Å². The van der Waals surface area contributed by atoms with Gasteiger partial charge in [-0.05, 0) is 84.7 Å². The highest BCUT2D eigenvalue weighted by Crippen LogP contribution is 2.39. The third kappa shape index (κ3) is 5.04. The van der Waals surface area contributed by atoms with Crippen molar-refractivity contribution in [2.75, 3.05) is 39.8 Å². The van der Waals surface area contributed by atoms with Crippen LogP contribution in [0.5, 0.6) is 23.0 Å². The molecule has 0 fully saturated rings. The molecule has 3 aromatic carbocycles. The molecule has 7 heteroatoms. The number of fused-ring (bicyclic) bond motifs is 1. The van der Waals surface area contributed by atoms with E-state index in [0.29, 0.717) is 17.5 Å². The van der Waals surface area contributed by atoms with Crippen LogP contribution in [0, 0.1) is 6.92 Å². The van der Waals surface area contributed by atoms with Gasteiger partial charge in [-0.1, -0.05) is 18.2 Å². The van der Waals surface area contributed by atoms with Crippen LogP contribution in [0.3, 0.4) is 0 Å². The molecule has 1 unspecified atom stereocenters. The lowest BCUT2D eigenvalue weighted by molar-refractivity contribution is 0.190. The Kier molecular flexibility index (Phi) is 7.43. The molecule has 34 heavy (non-hydrogen) atoms. The normalized spacial score (nSPS) is 14.7. The molecule has 0 amide bonds. The average Bonchev–Trinajstić information content (AvgIpc) is 2.87. The predicted molar refractivity (Wildman–Crippen MR) is 139 cm³/mol. The highest BCUT2D eigenvalue weighted by Gasteiger charge is 2.31. The summed E-state index contributed by atoms with van der Waals surface area (Å²) in [4.78, 5) is 2.19. The van der Waals surface area contributed by atoms with Crippen molar-refractivity contribution >= 4 is 23.0 Å². The summed E-state index contributed by atoms with van der Waals surface area (Å²) in [6, 6.07) is 19.7. The van der Waals surface area contributed by atoms with E-state index in [0.717, 1.165) is 47.0 Å². The zero-order chi connectivity index (χ0) is 24.1. The van der Waals surface area contributed by atoms with Crippen LogP contribution in [-0.2, 0) is 6.42 Å². The smallest absolute Gasteiger partial charge is 0.174 e. The summed E-state index contributed by atoms with van der Waals surface area (Å²) in [6.45, 7) is 3.25.